The average Bonchev–Trinajstić information content (AvgIpc) is 2.08. The standard InChI is InChI=1S/C10H17F2NO/c11-9(12)10(14)13-8-6-4-2-1-3-5-7-8/h8-9H,1-7H2,(H,13,14). The SMILES string of the molecule is O=C(NC1CCCCCCC1)C(F)F. The average molecular weight is 205 g/mol. The van der Waals surface area contributed by atoms with Crippen molar-refractivity contribution in [3.8, 4) is 0 Å². The molecular formula is C10H17F2NO. The Balaban J connectivity index is 2.30. The Morgan fingerprint density at radius 2 is 1.57 bits per heavy atom. The quantitative estimate of drug-likeness (QED) is 0.737. The van der Waals surface area contributed by atoms with E-state index in [1.54, 1.807) is 0 Å². The molecule has 0 aromatic heterocycles. The van der Waals surface area contributed by atoms with E-state index in [-0.39, 0.29) is 6.04 Å². The Morgan fingerprint density at radius 3 is 2.07 bits per heavy atom. The Kier molecular flexibility index (Phi) is 4.84. The number of nitrogens with one attached hydrogen (secondary N) is 1. The Bertz CT molecular complexity index is 177. The molecule has 1 N–H and O–H groups in total. The highest BCUT2D eigenvalue weighted by atomic mass is 19.3. The summed E-state index contributed by atoms with van der Waals surface area (Å²) in [6.07, 6.45) is 4.43. The van der Waals surface area contributed by atoms with Gasteiger partial charge >= 0.3 is 6.43 Å². The van der Waals surface area contributed by atoms with Gasteiger partial charge < -0.3 is 5.32 Å². The molecule has 0 radical (unpaired) electrons. The highest BCUT2D eigenvalue weighted by Crippen LogP contribution is 2.17. The maximum atomic E-state index is 12.0. The molecular weight excluding hydrogens is 188 g/mol. The van der Waals surface area contributed by atoms with Crippen LogP contribution >= 0.6 is 0 Å². The molecule has 0 bridgehead atoms. The van der Waals surface area contributed by atoms with Gasteiger partial charge in [0.1, 0.15) is 0 Å². The number of rotatable bonds is 2. The third kappa shape index (κ3) is 4.03. The topological polar surface area (TPSA) is 29.1 Å². The lowest BCUT2D eigenvalue weighted by Crippen LogP contribution is -2.38. The lowest BCUT2D eigenvalue weighted by Gasteiger charge is -2.20. The summed E-state index contributed by atoms with van der Waals surface area (Å²) in [5, 5.41) is 2.40. The first kappa shape index (κ1) is 11.4. The summed E-state index contributed by atoms with van der Waals surface area (Å²) >= 11 is 0. The van der Waals surface area contributed by atoms with Crippen LogP contribution < -0.4 is 5.32 Å². The Hall–Kier alpha value is -0.670. The smallest absolute Gasteiger partial charge is 0.315 e. The normalized spacial score (nSPS) is 20.2. The van der Waals surface area contributed by atoms with E-state index in [4.69, 9.17) is 0 Å². The summed E-state index contributed by atoms with van der Waals surface area (Å²) in [6, 6.07) is -0.0307. The molecule has 0 saturated heterocycles. The van der Waals surface area contributed by atoms with Gasteiger partial charge in [-0.05, 0) is 12.8 Å². The van der Waals surface area contributed by atoms with E-state index in [1.807, 2.05) is 0 Å². The van der Waals surface area contributed by atoms with Crippen molar-refractivity contribution in [3.05, 3.63) is 0 Å². The van der Waals surface area contributed by atoms with E-state index in [0.717, 1.165) is 38.5 Å². The van der Waals surface area contributed by atoms with Crippen molar-refractivity contribution in [1.82, 2.24) is 5.32 Å². The van der Waals surface area contributed by atoms with Gasteiger partial charge in [0.25, 0.3) is 5.91 Å². The van der Waals surface area contributed by atoms with E-state index >= 15 is 0 Å². The first-order chi connectivity index (χ1) is 6.70. The monoisotopic (exact) mass is 205 g/mol. The number of hydrogen-bond donors (Lipinski definition) is 1. The minimum absolute atomic E-state index is 0.0307. The molecule has 4 heteroatoms. The number of hydrogen-bond acceptors (Lipinski definition) is 1. The van der Waals surface area contributed by atoms with Crippen molar-refractivity contribution < 1.29 is 13.6 Å². The molecule has 1 aliphatic rings. The van der Waals surface area contributed by atoms with Crippen LogP contribution in [0.25, 0.3) is 0 Å². The van der Waals surface area contributed by atoms with Crippen LogP contribution in [0.2, 0.25) is 0 Å². The highest BCUT2D eigenvalue weighted by Gasteiger charge is 2.19. The second-order valence-corrected chi connectivity index (χ2v) is 3.85. The van der Waals surface area contributed by atoms with Crippen molar-refractivity contribution in [3.63, 3.8) is 0 Å². The lowest BCUT2D eigenvalue weighted by molar-refractivity contribution is -0.132. The molecule has 2 nitrogen and oxygen atoms in total. The maximum Gasteiger partial charge on any atom is 0.315 e. The summed E-state index contributed by atoms with van der Waals surface area (Å²) in [4.78, 5) is 10.7. The molecule has 1 rings (SSSR count). The van der Waals surface area contributed by atoms with Gasteiger partial charge in [-0.1, -0.05) is 32.1 Å². The van der Waals surface area contributed by atoms with Gasteiger partial charge in [-0.2, -0.15) is 8.78 Å². The lowest BCUT2D eigenvalue weighted by atomic mass is 9.97. The third-order valence-corrected chi connectivity index (χ3v) is 2.65. The van der Waals surface area contributed by atoms with Gasteiger partial charge in [-0.15, -0.1) is 0 Å². The highest BCUT2D eigenvalue weighted by molar-refractivity contribution is 5.79. The number of carbonyl (C=O) groups excluding carboxylic acids is 1. The Morgan fingerprint density at radius 1 is 1.07 bits per heavy atom. The van der Waals surface area contributed by atoms with E-state index in [1.165, 1.54) is 6.42 Å². The molecule has 0 heterocycles. The minimum atomic E-state index is -2.87. The van der Waals surface area contributed by atoms with E-state index < -0.39 is 12.3 Å². The first-order valence-corrected chi connectivity index (χ1v) is 5.28. The van der Waals surface area contributed by atoms with Crippen LogP contribution in [0.4, 0.5) is 8.78 Å². The zero-order valence-electron chi connectivity index (χ0n) is 8.27. The Labute approximate surface area is 83.1 Å². The first-order valence-electron chi connectivity index (χ1n) is 5.28. The summed E-state index contributed by atoms with van der Waals surface area (Å²) in [5.74, 6) is -1.12. The van der Waals surface area contributed by atoms with Gasteiger partial charge in [0.05, 0.1) is 0 Å². The predicted molar refractivity (Wildman–Crippen MR) is 50.3 cm³/mol. The van der Waals surface area contributed by atoms with Gasteiger partial charge in [0.15, 0.2) is 0 Å². The second kappa shape index (κ2) is 5.94. The van der Waals surface area contributed by atoms with E-state index in [9.17, 15) is 13.6 Å². The molecule has 82 valence electrons. The largest absolute Gasteiger partial charge is 0.348 e. The summed E-state index contributed by atoms with van der Waals surface area (Å²) < 4.78 is 23.9. The van der Waals surface area contributed by atoms with Crippen LogP contribution in [-0.4, -0.2) is 18.4 Å². The summed E-state index contributed by atoms with van der Waals surface area (Å²) in [5.41, 5.74) is 0. The molecule has 0 spiro atoms. The van der Waals surface area contributed by atoms with Crippen LogP contribution in [0.5, 0.6) is 0 Å². The van der Waals surface area contributed by atoms with E-state index in [0.29, 0.717) is 0 Å². The van der Waals surface area contributed by atoms with Crippen molar-refractivity contribution in [2.24, 2.45) is 0 Å². The molecule has 0 unspecified atom stereocenters. The summed E-state index contributed by atoms with van der Waals surface area (Å²) in [7, 11) is 0. The second-order valence-electron chi connectivity index (χ2n) is 3.85. The van der Waals surface area contributed by atoms with Crippen molar-refractivity contribution in [2.75, 3.05) is 0 Å². The van der Waals surface area contributed by atoms with Crippen LogP contribution in [0, 0.1) is 0 Å². The molecule has 0 atom stereocenters. The van der Waals surface area contributed by atoms with Crippen LogP contribution in [0.3, 0.4) is 0 Å². The van der Waals surface area contributed by atoms with Gasteiger partial charge in [0, 0.05) is 6.04 Å². The van der Waals surface area contributed by atoms with Crippen LogP contribution in [0.15, 0.2) is 0 Å². The molecule has 14 heavy (non-hydrogen) atoms. The number of amides is 1. The van der Waals surface area contributed by atoms with Crippen LogP contribution in [-0.2, 0) is 4.79 Å². The van der Waals surface area contributed by atoms with Crippen LogP contribution in [0.1, 0.15) is 44.9 Å². The van der Waals surface area contributed by atoms with E-state index in [2.05, 4.69) is 5.32 Å². The minimum Gasteiger partial charge on any atom is -0.348 e. The molecule has 0 aromatic rings. The number of halogens is 2. The number of carbonyl (C=O) groups is 1. The molecule has 0 aliphatic heterocycles. The molecule has 1 amide bonds. The van der Waals surface area contributed by atoms with Crippen molar-refractivity contribution in [1.29, 1.82) is 0 Å². The van der Waals surface area contributed by atoms with Crippen molar-refractivity contribution in [2.45, 2.75) is 57.4 Å². The molecule has 0 aromatic carbocycles. The predicted octanol–water partition coefficient (Wildman–Crippen LogP) is 2.48. The fourth-order valence-corrected chi connectivity index (χ4v) is 1.86. The fraction of sp³-hybridized carbons (Fsp3) is 0.900. The van der Waals surface area contributed by atoms with Gasteiger partial charge in [0.2, 0.25) is 0 Å². The molecule has 1 aliphatic carbocycles. The maximum absolute atomic E-state index is 12.0. The number of alkyl halides is 2. The summed E-state index contributed by atoms with van der Waals surface area (Å²) in [6.45, 7) is 0. The molecule has 1 saturated carbocycles. The molecule has 1 fully saturated rings. The third-order valence-electron chi connectivity index (χ3n) is 2.65. The zero-order chi connectivity index (χ0) is 10.4. The van der Waals surface area contributed by atoms with Gasteiger partial charge in [-0.25, -0.2) is 0 Å². The zero-order valence-corrected chi connectivity index (χ0v) is 8.27. The van der Waals surface area contributed by atoms with Crippen molar-refractivity contribution >= 4 is 5.91 Å². The van der Waals surface area contributed by atoms with Gasteiger partial charge in [-0.3, -0.25) is 4.79 Å². The fourth-order valence-electron chi connectivity index (χ4n) is 1.86.